The Kier molecular flexibility index (Phi) is 9.96. The van der Waals surface area contributed by atoms with Gasteiger partial charge in [0.05, 0.1) is 0 Å². The largest absolute Gasteiger partial charge is 0.370 e. The zero-order chi connectivity index (χ0) is 16.8. The molecule has 1 aliphatic heterocycles. The van der Waals surface area contributed by atoms with Gasteiger partial charge in [-0.3, -0.25) is 4.90 Å². The van der Waals surface area contributed by atoms with E-state index in [0.29, 0.717) is 6.54 Å². The predicted octanol–water partition coefficient (Wildman–Crippen LogP) is 3.88. The number of nitrogens with zero attached hydrogens (tertiary/aromatic N) is 2. The molecule has 144 valence electrons. The number of rotatable bonds is 5. The molecule has 3 rings (SSSR count). The molecule has 0 spiro atoms. The maximum atomic E-state index is 13.1. The molecule has 3 nitrogen and oxygen atoms in total. The highest BCUT2D eigenvalue weighted by atomic mass is 35.5. The molecular weight excluding hydrogens is 372 g/mol. The lowest BCUT2D eigenvalue weighted by Crippen LogP contribution is -2.30. The summed E-state index contributed by atoms with van der Waals surface area (Å²) in [7, 11) is 0. The van der Waals surface area contributed by atoms with E-state index in [2.05, 4.69) is 34.1 Å². The van der Waals surface area contributed by atoms with Crippen LogP contribution in [0.1, 0.15) is 17.5 Å². The lowest BCUT2D eigenvalue weighted by atomic mass is 10.1. The topological polar surface area (TPSA) is 32.5 Å². The molecular formula is C20H28Cl2FN3. The van der Waals surface area contributed by atoms with Crippen molar-refractivity contribution in [1.82, 2.24) is 4.90 Å². The Labute approximate surface area is 168 Å². The van der Waals surface area contributed by atoms with Crippen molar-refractivity contribution in [2.45, 2.75) is 19.4 Å². The minimum atomic E-state index is -0.173. The van der Waals surface area contributed by atoms with Gasteiger partial charge in [0.15, 0.2) is 0 Å². The molecule has 0 amide bonds. The number of anilines is 1. The average molecular weight is 400 g/mol. The van der Waals surface area contributed by atoms with Gasteiger partial charge in [0, 0.05) is 38.4 Å². The molecule has 0 atom stereocenters. The first-order chi connectivity index (χ1) is 11.7. The summed E-state index contributed by atoms with van der Waals surface area (Å²) in [5.74, 6) is -0.173. The third-order valence-electron chi connectivity index (χ3n) is 4.64. The Bertz CT molecular complexity index is 635. The fourth-order valence-electron chi connectivity index (χ4n) is 3.28. The number of benzene rings is 2. The Hall–Kier alpha value is -1.33. The van der Waals surface area contributed by atoms with Gasteiger partial charge in [-0.05, 0) is 54.8 Å². The van der Waals surface area contributed by atoms with Crippen molar-refractivity contribution in [1.29, 1.82) is 0 Å². The zero-order valence-electron chi connectivity index (χ0n) is 14.9. The van der Waals surface area contributed by atoms with Gasteiger partial charge in [-0.15, -0.1) is 24.8 Å². The highest BCUT2D eigenvalue weighted by Crippen LogP contribution is 2.18. The lowest BCUT2D eigenvalue weighted by Gasteiger charge is -2.23. The molecule has 2 N–H and O–H groups in total. The molecule has 0 radical (unpaired) electrons. The van der Waals surface area contributed by atoms with Crippen molar-refractivity contribution in [2.75, 3.05) is 37.6 Å². The van der Waals surface area contributed by atoms with Crippen LogP contribution in [0.4, 0.5) is 10.1 Å². The summed E-state index contributed by atoms with van der Waals surface area (Å²) in [6.07, 6.45) is 2.07. The lowest BCUT2D eigenvalue weighted by molar-refractivity contribution is 0.285. The first kappa shape index (κ1) is 22.7. The van der Waals surface area contributed by atoms with Gasteiger partial charge in [0.1, 0.15) is 5.82 Å². The first-order valence-corrected chi connectivity index (χ1v) is 8.75. The average Bonchev–Trinajstić information content (AvgIpc) is 2.83. The number of nitrogens with two attached hydrogens (primary N) is 1. The highest BCUT2D eigenvalue weighted by molar-refractivity contribution is 5.85. The molecule has 6 heteroatoms. The van der Waals surface area contributed by atoms with Gasteiger partial charge in [-0.1, -0.05) is 24.3 Å². The van der Waals surface area contributed by atoms with Gasteiger partial charge in [0.25, 0.3) is 0 Å². The van der Waals surface area contributed by atoms with E-state index in [1.165, 1.54) is 11.1 Å². The second kappa shape index (κ2) is 11.4. The van der Waals surface area contributed by atoms with E-state index in [9.17, 15) is 4.39 Å². The first-order valence-electron chi connectivity index (χ1n) is 8.75. The molecule has 0 bridgehead atoms. The van der Waals surface area contributed by atoms with E-state index >= 15 is 0 Å². The summed E-state index contributed by atoms with van der Waals surface area (Å²) in [4.78, 5) is 4.85. The summed E-state index contributed by atoms with van der Waals surface area (Å²) in [5, 5.41) is 0. The van der Waals surface area contributed by atoms with Crippen molar-refractivity contribution in [3.8, 4) is 0 Å². The van der Waals surface area contributed by atoms with Crippen LogP contribution in [0.15, 0.2) is 48.5 Å². The van der Waals surface area contributed by atoms with E-state index in [-0.39, 0.29) is 30.6 Å². The van der Waals surface area contributed by atoms with Crippen molar-refractivity contribution in [3.63, 3.8) is 0 Å². The van der Waals surface area contributed by atoms with Crippen molar-refractivity contribution in [3.05, 3.63) is 65.5 Å². The Morgan fingerprint density at radius 1 is 0.808 bits per heavy atom. The fraction of sp³-hybridized carbons (Fsp3) is 0.400. The van der Waals surface area contributed by atoms with E-state index in [1.807, 2.05) is 12.1 Å². The number of hydrogen-bond acceptors (Lipinski definition) is 3. The molecule has 2 aromatic carbocycles. The van der Waals surface area contributed by atoms with Crippen LogP contribution in [-0.4, -0.2) is 37.6 Å². The SMILES string of the molecule is Cl.Cl.NCCc1ccc(CN2CCCN(c3ccc(F)cc3)CC2)cc1. The molecule has 1 aliphatic rings. The van der Waals surface area contributed by atoms with Crippen LogP contribution in [0.3, 0.4) is 0 Å². The molecule has 0 unspecified atom stereocenters. The molecule has 1 saturated heterocycles. The van der Waals surface area contributed by atoms with Crippen LogP contribution < -0.4 is 10.6 Å². The fourth-order valence-corrected chi connectivity index (χ4v) is 3.28. The molecule has 1 fully saturated rings. The maximum Gasteiger partial charge on any atom is 0.123 e. The normalized spacial score (nSPS) is 14.9. The summed E-state index contributed by atoms with van der Waals surface area (Å²) >= 11 is 0. The third-order valence-corrected chi connectivity index (χ3v) is 4.64. The minimum Gasteiger partial charge on any atom is -0.370 e. The minimum absolute atomic E-state index is 0. The van der Waals surface area contributed by atoms with Crippen molar-refractivity contribution in [2.24, 2.45) is 5.73 Å². The number of halogens is 3. The van der Waals surface area contributed by atoms with Gasteiger partial charge in [-0.2, -0.15) is 0 Å². The van der Waals surface area contributed by atoms with Crippen LogP contribution in [0.5, 0.6) is 0 Å². The standard InChI is InChI=1S/C20H26FN3.2ClH/c21-19-6-8-20(9-7-19)24-13-1-12-23(14-15-24)16-18-4-2-17(3-5-18)10-11-22;;/h2-9H,1,10-16,22H2;2*1H. The van der Waals surface area contributed by atoms with Crippen molar-refractivity contribution >= 4 is 30.5 Å². The van der Waals surface area contributed by atoms with Gasteiger partial charge in [-0.25, -0.2) is 4.39 Å². The van der Waals surface area contributed by atoms with E-state index < -0.39 is 0 Å². The highest BCUT2D eigenvalue weighted by Gasteiger charge is 2.15. The maximum absolute atomic E-state index is 13.1. The van der Waals surface area contributed by atoms with Gasteiger partial charge >= 0.3 is 0 Å². The summed E-state index contributed by atoms with van der Waals surface area (Å²) < 4.78 is 13.1. The summed E-state index contributed by atoms with van der Waals surface area (Å²) in [6, 6.07) is 15.6. The van der Waals surface area contributed by atoms with Gasteiger partial charge < -0.3 is 10.6 Å². The number of hydrogen-bond donors (Lipinski definition) is 1. The Morgan fingerprint density at radius 3 is 2.12 bits per heavy atom. The van der Waals surface area contributed by atoms with E-state index in [0.717, 1.165) is 51.3 Å². The van der Waals surface area contributed by atoms with E-state index in [4.69, 9.17) is 5.73 Å². The smallest absolute Gasteiger partial charge is 0.123 e. The second-order valence-electron chi connectivity index (χ2n) is 6.45. The molecule has 0 aliphatic carbocycles. The van der Waals surface area contributed by atoms with Crippen LogP contribution in [-0.2, 0) is 13.0 Å². The van der Waals surface area contributed by atoms with Crippen LogP contribution in [0, 0.1) is 5.82 Å². The molecule has 1 heterocycles. The zero-order valence-corrected chi connectivity index (χ0v) is 16.6. The quantitative estimate of drug-likeness (QED) is 0.827. The van der Waals surface area contributed by atoms with Crippen LogP contribution in [0.2, 0.25) is 0 Å². The Morgan fingerprint density at radius 2 is 1.46 bits per heavy atom. The third kappa shape index (κ3) is 6.44. The monoisotopic (exact) mass is 399 g/mol. The molecule has 26 heavy (non-hydrogen) atoms. The van der Waals surface area contributed by atoms with E-state index in [1.54, 1.807) is 12.1 Å². The molecule has 2 aromatic rings. The predicted molar refractivity (Wildman–Crippen MR) is 112 cm³/mol. The summed E-state index contributed by atoms with van der Waals surface area (Å²) in [6.45, 7) is 5.82. The summed E-state index contributed by atoms with van der Waals surface area (Å²) in [5.41, 5.74) is 9.37. The molecule has 0 saturated carbocycles. The molecule has 0 aromatic heterocycles. The second-order valence-corrected chi connectivity index (χ2v) is 6.45. The van der Waals surface area contributed by atoms with Crippen LogP contribution in [0.25, 0.3) is 0 Å². The van der Waals surface area contributed by atoms with Gasteiger partial charge in [0.2, 0.25) is 0 Å². The Balaban J connectivity index is 0.00000169. The van der Waals surface area contributed by atoms with Crippen LogP contribution >= 0.6 is 24.8 Å². The van der Waals surface area contributed by atoms with Crippen molar-refractivity contribution < 1.29 is 4.39 Å².